The number of carbonyl (C=O) groups is 1. The Balaban J connectivity index is 1.90. The molecule has 100 valence electrons. The van der Waals surface area contributed by atoms with Gasteiger partial charge < -0.3 is 10.1 Å². The zero-order chi connectivity index (χ0) is 13.2. The fourth-order valence-corrected chi connectivity index (χ4v) is 3.71. The van der Waals surface area contributed by atoms with Crippen molar-refractivity contribution >= 4 is 37.0 Å². The van der Waals surface area contributed by atoms with E-state index in [2.05, 4.69) is 5.32 Å². The lowest BCUT2D eigenvalue weighted by molar-refractivity contribution is -0.125. The molecule has 2 rings (SSSR count). The highest BCUT2D eigenvalue weighted by Gasteiger charge is 2.23. The van der Waals surface area contributed by atoms with E-state index in [1.165, 1.54) is 6.07 Å². The molecule has 0 saturated carbocycles. The van der Waals surface area contributed by atoms with Crippen LogP contribution >= 0.6 is 22.0 Å². The van der Waals surface area contributed by atoms with Crippen molar-refractivity contribution in [2.45, 2.75) is 17.2 Å². The summed E-state index contributed by atoms with van der Waals surface area (Å²) in [7, 11) is 1.54. The lowest BCUT2D eigenvalue weighted by Crippen LogP contribution is -2.30. The Kier molecular flexibility index (Phi) is 4.26. The number of nitrogens with one attached hydrogen (secondary N) is 1. The molecule has 1 amide bonds. The quantitative estimate of drug-likeness (QED) is 0.852. The Morgan fingerprint density at radius 1 is 1.56 bits per heavy atom. The molecule has 1 fully saturated rings. The van der Waals surface area contributed by atoms with E-state index in [9.17, 15) is 13.2 Å². The van der Waals surface area contributed by atoms with Gasteiger partial charge in [-0.2, -0.15) is 0 Å². The first kappa shape index (κ1) is 13.8. The molecular weight excluding hydrogens is 298 g/mol. The Hall–Kier alpha value is -0.630. The summed E-state index contributed by atoms with van der Waals surface area (Å²) in [6.07, 6.45) is 0.734. The molecule has 0 radical (unpaired) electrons. The summed E-state index contributed by atoms with van der Waals surface area (Å²) in [5, 5.41) is 2.76. The van der Waals surface area contributed by atoms with Crippen molar-refractivity contribution in [1.29, 1.82) is 0 Å². The number of ether oxygens (including phenoxy) is 1. The first-order valence-corrected chi connectivity index (χ1v) is 8.48. The van der Waals surface area contributed by atoms with Crippen molar-refractivity contribution in [1.82, 2.24) is 5.32 Å². The van der Waals surface area contributed by atoms with Gasteiger partial charge >= 0.3 is 0 Å². The summed E-state index contributed by atoms with van der Waals surface area (Å²) < 4.78 is 27.3. The van der Waals surface area contributed by atoms with Crippen molar-refractivity contribution in [2.75, 3.05) is 13.2 Å². The van der Waals surface area contributed by atoms with E-state index in [0.29, 0.717) is 19.8 Å². The van der Waals surface area contributed by atoms with Gasteiger partial charge in [-0.15, -0.1) is 11.3 Å². The number of carbonyl (C=O) groups excluding carboxylic acids is 1. The van der Waals surface area contributed by atoms with Gasteiger partial charge in [0.25, 0.3) is 9.05 Å². The lowest BCUT2D eigenvalue weighted by Gasteiger charge is -2.07. The molecule has 1 unspecified atom stereocenters. The maximum atomic E-state index is 11.7. The fraction of sp³-hybridized carbons (Fsp3) is 0.500. The largest absolute Gasteiger partial charge is 0.381 e. The molecule has 1 aromatic rings. The topological polar surface area (TPSA) is 72.5 Å². The highest BCUT2D eigenvalue weighted by molar-refractivity contribution is 8.15. The molecular formula is C10H12ClNO4S2. The van der Waals surface area contributed by atoms with E-state index < -0.39 is 9.05 Å². The molecule has 1 N–H and O–H groups in total. The Labute approximate surface area is 114 Å². The number of hydrogen-bond donors (Lipinski definition) is 1. The average Bonchev–Trinajstić information content (AvgIpc) is 2.96. The van der Waals surface area contributed by atoms with Gasteiger partial charge in [-0.05, 0) is 18.6 Å². The predicted octanol–water partition coefficient (Wildman–Crippen LogP) is 1.33. The summed E-state index contributed by atoms with van der Waals surface area (Å²) >= 11 is 1.06. The van der Waals surface area contributed by atoms with Crippen LogP contribution in [0.25, 0.3) is 0 Å². The summed E-state index contributed by atoms with van der Waals surface area (Å²) in [6.45, 7) is 1.38. The zero-order valence-electron chi connectivity index (χ0n) is 9.39. The van der Waals surface area contributed by atoms with E-state index in [-0.39, 0.29) is 16.0 Å². The maximum Gasteiger partial charge on any atom is 0.270 e. The summed E-state index contributed by atoms with van der Waals surface area (Å²) in [4.78, 5) is 12.4. The number of amides is 1. The minimum absolute atomic E-state index is 0.0591. The van der Waals surface area contributed by atoms with E-state index in [0.717, 1.165) is 22.6 Å². The van der Waals surface area contributed by atoms with Crippen molar-refractivity contribution in [3.8, 4) is 0 Å². The highest BCUT2D eigenvalue weighted by Crippen LogP contribution is 2.24. The van der Waals surface area contributed by atoms with E-state index in [4.69, 9.17) is 15.4 Å². The Morgan fingerprint density at radius 2 is 2.33 bits per heavy atom. The molecule has 18 heavy (non-hydrogen) atoms. The van der Waals surface area contributed by atoms with Gasteiger partial charge in [0.1, 0.15) is 4.21 Å². The van der Waals surface area contributed by atoms with Crippen LogP contribution in [0.15, 0.2) is 16.3 Å². The fourth-order valence-electron chi connectivity index (χ4n) is 1.64. The number of thiophene rings is 1. The molecule has 0 spiro atoms. The molecule has 1 saturated heterocycles. The van der Waals surface area contributed by atoms with Crippen LogP contribution in [0.5, 0.6) is 0 Å². The Bertz CT molecular complexity index is 534. The first-order valence-electron chi connectivity index (χ1n) is 5.35. The molecule has 5 nitrogen and oxygen atoms in total. The van der Waals surface area contributed by atoms with Crippen LogP contribution in [0.3, 0.4) is 0 Å². The van der Waals surface area contributed by atoms with Crippen molar-refractivity contribution < 1.29 is 17.9 Å². The second kappa shape index (κ2) is 5.56. The maximum absolute atomic E-state index is 11.7. The number of hydrogen-bond acceptors (Lipinski definition) is 5. The van der Waals surface area contributed by atoms with Gasteiger partial charge in [0, 0.05) is 22.2 Å². The summed E-state index contributed by atoms with van der Waals surface area (Å²) in [6, 6.07) is 3.08. The standard InChI is InChI=1S/C10H12ClNO4S2/c11-18(14,15)9-2-1-8(17-9)5-12-10(13)7-3-4-16-6-7/h1-2,7H,3-6H2,(H,12,13). The van der Waals surface area contributed by atoms with Crippen LogP contribution < -0.4 is 5.32 Å². The molecule has 1 aliphatic heterocycles. The zero-order valence-corrected chi connectivity index (χ0v) is 11.8. The van der Waals surface area contributed by atoms with E-state index in [1.807, 2.05) is 0 Å². The molecule has 2 heterocycles. The van der Waals surface area contributed by atoms with E-state index in [1.54, 1.807) is 6.07 Å². The summed E-state index contributed by atoms with van der Waals surface area (Å²) in [5.74, 6) is -0.155. The van der Waals surface area contributed by atoms with Crippen LogP contribution in [-0.4, -0.2) is 27.5 Å². The van der Waals surface area contributed by atoms with E-state index >= 15 is 0 Å². The predicted molar refractivity (Wildman–Crippen MR) is 68.1 cm³/mol. The molecule has 0 aromatic carbocycles. The number of halogens is 1. The van der Waals surface area contributed by atoms with Crippen LogP contribution in [0.2, 0.25) is 0 Å². The van der Waals surface area contributed by atoms with Crippen molar-refractivity contribution in [3.05, 3.63) is 17.0 Å². The second-order valence-corrected chi connectivity index (χ2v) is 7.90. The SMILES string of the molecule is O=C(NCc1ccc(S(=O)(=O)Cl)s1)C1CCOC1. The molecule has 1 atom stereocenters. The van der Waals surface area contributed by atoms with Gasteiger partial charge in [-0.25, -0.2) is 8.42 Å². The van der Waals surface area contributed by atoms with Gasteiger partial charge in [0.2, 0.25) is 5.91 Å². The minimum Gasteiger partial charge on any atom is -0.381 e. The van der Waals surface area contributed by atoms with Gasteiger partial charge in [0.05, 0.1) is 19.1 Å². The normalized spacial score (nSPS) is 19.9. The lowest BCUT2D eigenvalue weighted by atomic mass is 10.1. The Morgan fingerprint density at radius 3 is 2.89 bits per heavy atom. The highest BCUT2D eigenvalue weighted by atomic mass is 35.7. The van der Waals surface area contributed by atoms with Gasteiger partial charge in [-0.3, -0.25) is 4.79 Å². The molecule has 8 heteroatoms. The monoisotopic (exact) mass is 309 g/mol. The number of rotatable bonds is 4. The average molecular weight is 310 g/mol. The van der Waals surface area contributed by atoms with Crippen LogP contribution in [0.1, 0.15) is 11.3 Å². The smallest absolute Gasteiger partial charge is 0.270 e. The van der Waals surface area contributed by atoms with Crippen molar-refractivity contribution in [2.24, 2.45) is 5.92 Å². The molecule has 0 aliphatic carbocycles. The molecule has 1 aliphatic rings. The van der Waals surface area contributed by atoms with Crippen LogP contribution in [0.4, 0.5) is 0 Å². The molecule has 0 bridgehead atoms. The molecule has 1 aromatic heterocycles. The van der Waals surface area contributed by atoms with Crippen LogP contribution in [-0.2, 0) is 25.1 Å². The minimum atomic E-state index is -3.68. The van der Waals surface area contributed by atoms with Crippen molar-refractivity contribution in [3.63, 3.8) is 0 Å². The van der Waals surface area contributed by atoms with Crippen LogP contribution in [0, 0.1) is 5.92 Å². The van der Waals surface area contributed by atoms with Gasteiger partial charge in [0.15, 0.2) is 0 Å². The summed E-state index contributed by atoms with van der Waals surface area (Å²) in [5.41, 5.74) is 0. The third-order valence-corrected chi connectivity index (χ3v) is 5.79. The third-order valence-electron chi connectivity index (χ3n) is 2.61. The second-order valence-electron chi connectivity index (χ2n) is 3.94. The van der Waals surface area contributed by atoms with Gasteiger partial charge in [-0.1, -0.05) is 0 Å². The first-order chi connectivity index (χ1) is 8.47. The third kappa shape index (κ3) is 3.44.